The smallest absolute Gasteiger partial charge is 0.409 e. The van der Waals surface area contributed by atoms with Crippen molar-refractivity contribution in [1.29, 1.82) is 0 Å². The van der Waals surface area contributed by atoms with Gasteiger partial charge in [-0.2, -0.15) is 0 Å². The predicted octanol–water partition coefficient (Wildman–Crippen LogP) is 0.774. The predicted molar refractivity (Wildman–Crippen MR) is 76.4 cm³/mol. The van der Waals surface area contributed by atoms with Crippen LogP contribution in [0.2, 0.25) is 0 Å². The third kappa shape index (κ3) is 3.85. The van der Waals surface area contributed by atoms with E-state index < -0.39 is 9.84 Å². The highest BCUT2D eigenvalue weighted by atomic mass is 32.2. The van der Waals surface area contributed by atoms with Gasteiger partial charge >= 0.3 is 6.09 Å². The molecule has 2 aliphatic rings. The fourth-order valence-electron chi connectivity index (χ4n) is 3.04. The van der Waals surface area contributed by atoms with E-state index >= 15 is 0 Å². The molecule has 1 amide bonds. The second-order valence-electron chi connectivity index (χ2n) is 6.01. The standard InChI is InChI=1S/C13H24N2O4S/c1-3-19-12(16)15-7-4-11(5-8-15)14-13(2)6-9-20(17,18)10-13/h11,14H,3-10H2,1-2H3. The van der Waals surface area contributed by atoms with Gasteiger partial charge in [-0.05, 0) is 33.1 Å². The van der Waals surface area contributed by atoms with E-state index in [1.807, 2.05) is 6.92 Å². The van der Waals surface area contributed by atoms with Gasteiger partial charge in [0.2, 0.25) is 0 Å². The minimum Gasteiger partial charge on any atom is -0.450 e. The molecule has 2 rings (SSSR count). The maximum atomic E-state index is 11.6. The molecule has 116 valence electrons. The van der Waals surface area contributed by atoms with Crippen molar-refractivity contribution in [1.82, 2.24) is 10.2 Å². The topological polar surface area (TPSA) is 75.7 Å². The van der Waals surface area contributed by atoms with Gasteiger partial charge in [-0.1, -0.05) is 0 Å². The molecule has 0 saturated carbocycles. The molecule has 20 heavy (non-hydrogen) atoms. The molecule has 2 aliphatic heterocycles. The largest absolute Gasteiger partial charge is 0.450 e. The molecular formula is C13H24N2O4S. The Morgan fingerprint density at radius 1 is 1.40 bits per heavy atom. The van der Waals surface area contributed by atoms with E-state index in [0.29, 0.717) is 26.1 Å². The summed E-state index contributed by atoms with van der Waals surface area (Å²) in [7, 11) is -2.88. The lowest BCUT2D eigenvalue weighted by atomic mass is 9.96. The summed E-state index contributed by atoms with van der Waals surface area (Å²) in [6, 6.07) is 0.277. The minimum absolute atomic E-state index is 0.220. The highest BCUT2D eigenvalue weighted by molar-refractivity contribution is 7.91. The third-order valence-electron chi connectivity index (χ3n) is 4.08. The van der Waals surface area contributed by atoms with Gasteiger partial charge in [-0.25, -0.2) is 13.2 Å². The third-order valence-corrected chi connectivity index (χ3v) is 5.98. The zero-order valence-electron chi connectivity index (χ0n) is 12.2. The summed E-state index contributed by atoms with van der Waals surface area (Å²) in [5, 5.41) is 3.48. The molecule has 6 nitrogen and oxygen atoms in total. The van der Waals surface area contributed by atoms with E-state index in [9.17, 15) is 13.2 Å². The maximum absolute atomic E-state index is 11.6. The van der Waals surface area contributed by atoms with Crippen molar-refractivity contribution in [2.24, 2.45) is 0 Å². The van der Waals surface area contributed by atoms with Crippen molar-refractivity contribution in [2.45, 2.75) is 44.7 Å². The molecule has 2 heterocycles. The molecule has 0 radical (unpaired) electrons. The summed E-state index contributed by atoms with van der Waals surface area (Å²) < 4.78 is 28.2. The lowest BCUT2D eigenvalue weighted by Crippen LogP contribution is -2.53. The zero-order chi connectivity index (χ0) is 14.8. The van der Waals surface area contributed by atoms with E-state index in [0.717, 1.165) is 12.8 Å². The van der Waals surface area contributed by atoms with Crippen molar-refractivity contribution in [3.8, 4) is 0 Å². The molecule has 7 heteroatoms. The van der Waals surface area contributed by atoms with Crippen LogP contribution in [-0.2, 0) is 14.6 Å². The first-order valence-corrected chi connectivity index (χ1v) is 9.05. The Morgan fingerprint density at radius 2 is 2.05 bits per heavy atom. The number of hydrogen-bond acceptors (Lipinski definition) is 5. The SMILES string of the molecule is CCOC(=O)N1CCC(NC2(C)CCS(=O)(=O)C2)CC1. The first-order chi connectivity index (χ1) is 9.34. The molecule has 0 aromatic rings. The second kappa shape index (κ2) is 5.89. The summed E-state index contributed by atoms with van der Waals surface area (Å²) in [4.78, 5) is 13.3. The van der Waals surface area contributed by atoms with Crippen molar-refractivity contribution in [2.75, 3.05) is 31.2 Å². The number of likely N-dealkylation sites (tertiary alicyclic amines) is 1. The van der Waals surface area contributed by atoms with Gasteiger partial charge in [0.1, 0.15) is 0 Å². The number of nitrogens with zero attached hydrogens (tertiary/aromatic N) is 1. The van der Waals surface area contributed by atoms with Gasteiger partial charge in [-0.3, -0.25) is 0 Å². The molecule has 1 atom stereocenters. The minimum atomic E-state index is -2.88. The highest BCUT2D eigenvalue weighted by Gasteiger charge is 2.40. The number of carbonyl (C=O) groups excluding carboxylic acids is 1. The monoisotopic (exact) mass is 304 g/mol. The maximum Gasteiger partial charge on any atom is 0.409 e. The van der Waals surface area contributed by atoms with Crippen LogP contribution in [0.5, 0.6) is 0 Å². The number of piperidine rings is 1. The van der Waals surface area contributed by atoms with Gasteiger partial charge < -0.3 is 15.0 Å². The Hall–Kier alpha value is -0.820. The summed E-state index contributed by atoms with van der Waals surface area (Å²) in [5.74, 6) is 0.496. The molecule has 0 aromatic carbocycles. The van der Waals surface area contributed by atoms with E-state index in [1.54, 1.807) is 11.8 Å². The van der Waals surface area contributed by atoms with Crippen molar-refractivity contribution in [3.63, 3.8) is 0 Å². The highest BCUT2D eigenvalue weighted by Crippen LogP contribution is 2.25. The van der Waals surface area contributed by atoms with E-state index in [2.05, 4.69) is 5.32 Å². The molecule has 2 fully saturated rings. The average molecular weight is 304 g/mol. The molecule has 0 bridgehead atoms. The Bertz CT molecular complexity index is 457. The zero-order valence-corrected chi connectivity index (χ0v) is 13.0. The molecule has 1 unspecified atom stereocenters. The van der Waals surface area contributed by atoms with E-state index in [-0.39, 0.29) is 29.2 Å². The Morgan fingerprint density at radius 3 is 2.55 bits per heavy atom. The summed E-state index contributed by atoms with van der Waals surface area (Å²) >= 11 is 0. The van der Waals surface area contributed by atoms with Gasteiger partial charge in [0.05, 0.1) is 18.1 Å². The van der Waals surface area contributed by atoms with Crippen LogP contribution in [0.4, 0.5) is 4.79 Å². The van der Waals surface area contributed by atoms with Gasteiger partial charge in [0, 0.05) is 24.7 Å². The van der Waals surface area contributed by atoms with Crippen molar-refractivity contribution < 1.29 is 17.9 Å². The molecule has 0 aromatic heterocycles. The van der Waals surface area contributed by atoms with Crippen molar-refractivity contribution in [3.05, 3.63) is 0 Å². The van der Waals surface area contributed by atoms with Crippen LogP contribution in [0.3, 0.4) is 0 Å². The first-order valence-electron chi connectivity index (χ1n) is 7.23. The molecular weight excluding hydrogens is 280 g/mol. The van der Waals surface area contributed by atoms with Crippen LogP contribution in [0.1, 0.15) is 33.1 Å². The van der Waals surface area contributed by atoms with Gasteiger partial charge in [0.15, 0.2) is 9.84 Å². The quantitative estimate of drug-likeness (QED) is 0.833. The lowest BCUT2D eigenvalue weighted by molar-refractivity contribution is 0.0928. The molecule has 1 N–H and O–H groups in total. The Kier molecular flexibility index (Phi) is 4.59. The summed E-state index contributed by atoms with van der Waals surface area (Å²) in [5.41, 5.74) is -0.310. The van der Waals surface area contributed by atoms with Crippen LogP contribution in [0, 0.1) is 0 Å². The number of hydrogen-bond donors (Lipinski definition) is 1. The fraction of sp³-hybridized carbons (Fsp3) is 0.923. The summed E-state index contributed by atoms with van der Waals surface area (Å²) in [6.07, 6.45) is 2.11. The number of sulfone groups is 1. The van der Waals surface area contributed by atoms with Gasteiger partial charge in [-0.15, -0.1) is 0 Å². The molecule has 0 spiro atoms. The average Bonchev–Trinajstić information content (AvgIpc) is 2.64. The van der Waals surface area contributed by atoms with Crippen molar-refractivity contribution >= 4 is 15.9 Å². The number of nitrogens with one attached hydrogen (secondary N) is 1. The first kappa shape index (κ1) is 15.6. The van der Waals surface area contributed by atoms with Crippen LogP contribution < -0.4 is 5.32 Å². The number of amides is 1. The fourth-order valence-corrected chi connectivity index (χ4v) is 5.14. The number of rotatable bonds is 3. The van der Waals surface area contributed by atoms with Crippen LogP contribution in [0.15, 0.2) is 0 Å². The molecule has 2 saturated heterocycles. The van der Waals surface area contributed by atoms with Crippen LogP contribution in [-0.4, -0.2) is 62.2 Å². The van der Waals surface area contributed by atoms with Crippen LogP contribution >= 0.6 is 0 Å². The molecule has 0 aliphatic carbocycles. The van der Waals surface area contributed by atoms with Gasteiger partial charge in [0.25, 0.3) is 0 Å². The van der Waals surface area contributed by atoms with Crippen LogP contribution in [0.25, 0.3) is 0 Å². The van der Waals surface area contributed by atoms with E-state index in [4.69, 9.17) is 4.74 Å². The summed E-state index contributed by atoms with van der Waals surface area (Å²) in [6.45, 7) is 5.51. The van der Waals surface area contributed by atoms with E-state index in [1.165, 1.54) is 0 Å². The Balaban J connectivity index is 1.82. The number of ether oxygens (including phenoxy) is 1. The normalized spacial score (nSPS) is 30.4. The second-order valence-corrected chi connectivity index (χ2v) is 8.19. The lowest BCUT2D eigenvalue weighted by Gasteiger charge is -2.36. The number of carbonyl (C=O) groups is 1. The Labute approximate surface area is 120 Å².